The van der Waals surface area contributed by atoms with Crippen molar-refractivity contribution in [2.75, 3.05) is 7.11 Å². The molecule has 0 spiro atoms. The molecule has 2 nitrogen and oxygen atoms in total. The smallest absolute Gasteiger partial charge is 0.165 e. The Labute approximate surface area is 137 Å². The Morgan fingerprint density at radius 3 is 2.57 bits per heavy atom. The van der Waals surface area contributed by atoms with Crippen molar-refractivity contribution in [3.8, 4) is 5.75 Å². The average molecular weight is 373 g/mol. The predicted octanol–water partition coefficient (Wildman–Crippen LogP) is 4.67. The number of rotatable bonds is 4. The third kappa shape index (κ3) is 3.76. The molecule has 1 unspecified atom stereocenters. The third-order valence-electron chi connectivity index (χ3n) is 3.33. The van der Waals surface area contributed by atoms with Crippen LogP contribution in [-0.4, -0.2) is 7.11 Å². The second-order valence-electron chi connectivity index (χ2n) is 5.19. The molecule has 0 aliphatic rings. The van der Waals surface area contributed by atoms with Crippen LogP contribution in [0, 0.1) is 5.82 Å². The highest BCUT2D eigenvalue weighted by Gasteiger charge is 2.25. The molecule has 21 heavy (non-hydrogen) atoms. The zero-order valence-electron chi connectivity index (χ0n) is 11.8. The number of ether oxygens (including phenoxy) is 1. The summed E-state index contributed by atoms with van der Waals surface area (Å²) in [7, 11) is 1.44. The maximum atomic E-state index is 13.8. The molecule has 0 saturated carbocycles. The zero-order valence-corrected chi connectivity index (χ0v) is 14.1. The number of hydrogen-bond acceptors (Lipinski definition) is 2. The fourth-order valence-electron chi connectivity index (χ4n) is 2.29. The summed E-state index contributed by atoms with van der Waals surface area (Å²) < 4.78 is 19.6. The van der Waals surface area contributed by atoms with Gasteiger partial charge in [-0.2, -0.15) is 0 Å². The Kier molecular flexibility index (Phi) is 4.91. The second-order valence-corrected chi connectivity index (χ2v) is 6.51. The average Bonchev–Trinajstić information content (AvgIpc) is 2.37. The predicted molar refractivity (Wildman–Crippen MR) is 87.3 cm³/mol. The summed E-state index contributed by atoms with van der Waals surface area (Å²) in [5.41, 5.74) is 7.30. The van der Waals surface area contributed by atoms with Crippen molar-refractivity contribution in [1.82, 2.24) is 0 Å². The number of benzene rings is 2. The van der Waals surface area contributed by atoms with Crippen molar-refractivity contribution in [3.05, 3.63) is 62.8 Å². The van der Waals surface area contributed by atoms with Crippen LogP contribution in [0.25, 0.3) is 0 Å². The molecule has 0 aromatic heterocycles. The first kappa shape index (κ1) is 16.3. The van der Waals surface area contributed by atoms with Gasteiger partial charge in [-0.1, -0.05) is 39.7 Å². The number of halogens is 3. The summed E-state index contributed by atoms with van der Waals surface area (Å²) in [4.78, 5) is 0. The van der Waals surface area contributed by atoms with Crippen LogP contribution < -0.4 is 10.5 Å². The van der Waals surface area contributed by atoms with Gasteiger partial charge in [-0.05, 0) is 48.7 Å². The van der Waals surface area contributed by atoms with E-state index in [1.807, 2.05) is 19.1 Å². The van der Waals surface area contributed by atoms with Crippen LogP contribution in [0.1, 0.15) is 18.1 Å². The van der Waals surface area contributed by atoms with Crippen molar-refractivity contribution in [1.29, 1.82) is 0 Å². The fraction of sp³-hybridized carbons (Fsp3) is 0.250. The molecule has 0 aliphatic heterocycles. The summed E-state index contributed by atoms with van der Waals surface area (Å²) in [6.45, 7) is 1.88. The van der Waals surface area contributed by atoms with Gasteiger partial charge in [0, 0.05) is 15.0 Å². The van der Waals surface area contributed by atoms with Gasteiger partial charge in [0.15, 0.2) is 11.6 Å². The largest absolute Gasteiger partial charge is 0.494 e. The van der Waals surface area contributed by atoms with Crippen LogP contribution >= 0.6 is 27.5 Å². The van der Waals surface area contributed by atoms with Crippen LogP contribution in [0.3, 0.4) is 0 Å². The van der Waals surface area contributed by atoms with E-state index in [1.165, 1.54) is 13.2 Å². The molecule has 2 rings (SSSR count). The Balaban J connectivity index is 2.30. The highest BCUT2D eigenvalue weighted by atomic mass is 79.9. The molecule has 112 valence electrons. The minimum absolute atomic E-state index is 0.221. The highest BCUT2D eigenvalue weighted by molar-refractivity contribution is 9.10. The van der Waals surface area contributed by atoms with Crippen LogP contribution in [0.15, 0.2) is 40.9 Å². The molecule has 1 atom stereocenters. The lowest BCUT2D eigenvalue weighted by atomic mass is 9.86. The zero-order chi connectivity index (χ0) is 15.6. The van der Waals surface area contributed by atoms with Gasteiger partial charge in [-0.15, -0.1) is 0 Å². The van der Waals surface area contributed by atoms with Gasteiger partial charge in [0.05, 0.1) is 7.11 Å². The van der Waals surface area contributed by atoms with E-state index >= 15 is 0 Å². The van der Waals surface area contributed by atoms with Gasteiger partial charge in [-0.3, -0.25) is 0 Å². The van der Waals surface area contributed by atoms with E-state index in [0.717, 1.165) is 15.6 Å². The van der Waals surface area contributed by atoms with Crippen molar-refractivity contribution >= 4 is 27.5 Å². The molecular formula is C16H16BrClFNO. The minimum Gasteiger partial charge on any atom is -0.494 e. The van der Waals surface area contributed by atoms with Crippen molar-refractivity contribution < 1.29 is 9.13 Å². The van der Waals surface area contributed by atoms with Gasteiger partial charge in [0.1, 0.15) is 0 Å². The summed E-state index contributed by atoms with van der Waals surface area (Å²) in [5, 5.41) is 0.586. The van der Waals surface area contributed by atoms with E-state index in [1.54, 1.807) is 18.2 Å². The highest BCUT2D eigenvalue weighted by Crippen LogP contribution is 2.32. The summed E-state index contributed by atoms with van der Waals surface area (Å²) >= 11 is 9.62. The van der Waals surface area contributed by atoms with Crippen LogP contribution in [0.4, 0.5) is 4.39 Å². The topological polar surface area (TPSA) is 35.2 Å². The lowest BCUT2D eigenvalue weighted by Gasteiger charge is -2.27. The standard InChI is InChI=1S/C16H16BrClFNO/c1-16(20,12-5-4-11(17)8-13(12)18)9-10-3-6-15(21-2)14(19)7-10/h3-8H,9,20H2,1-2H3. The van der Waals surface area contributed by atoms with Gasteiger partial charge < -0.3 is 10.5 Å². The minimum atomic E-state index is -0.696. The van der Waals surface area contributed by atoms with E-state index in [9.17, 15) is 4.39 Å². The molecule has 2 aromatic rings. The van der Waals surface area contributed by atoms with E-state index in [-0.39, 0.29) is 5.75 Å². The van der Waals surface area contributed by atoms with Crippen molar-refractivity contribution in [2.45, 2.75) is 18.9 Å². The summed E-state index contributed by atoms with van der Waals surface area (Å²) in [5.74, 6) is -0.174. The number of methoxy groups -OCH3 is 1. The first-order valence-electron chi connectivity index (χ1n) is 6.40. The first-order valence-corrected chi connectivity index (χ1v) is 7.57. The number of hydrogen-bond donors (Lipinski definition) is 1. The van der Waals surface area contributed by atoms with Gasteiger partial charge >= 0.3 is 0 Å². The summed E-state index contributed by atoms with van der Waals surface area (Å²) in [6, 6.07) is 10.4. The molecule has 0 bridgehead atoms. The monoisotopic (exact) mass is 371 g/mol. The molecule has 0 aliphatic carbocycles. The number of nitrogens with two attached hydrogens (primary N) is 1. The Hall–Kier alpha value is -1.10. The molecule has 2 N–H and O–H groups in total. The maximum absolute atomic E-state index is 13.8. The lowest BCUT2D eigenvalue weighted by molar-refractivity contribution is 0.385. The van der Waals surface area contributed by atoms with Crippen LogP contribution in [-0.2, 0) is 12.0 Å². The van der Waals surface area contributed by atoms with Gasteiger partial charge in [0.25, 0.3) is 0 Å². The molecule has 2 aromatic carbocycles. The van der Waals surface area contributed by atoms with E-state index < -0.39 is 11.4 Å². The second kappa shape index (κ2) is 6.34. The normalized spacial score (nSPS) is 13.8. The maximum Gasteiger partial charge on any atom is 0.165 e. The van der Waals surface area contributed by atoms with Crippen LogP contribution in [0.2, 0.25) is 5.02 Å². The third-order valence-corrected chi connectivity index (χ3v) is 4.14. The van der Waals surface area contributed by atoms with Crippen LogP contribution in [0.5, 0.6) is 5.75 Å². The molecule has 0 heterocycles. The van der Waals surface area contributed by atoms with Crippen molar-refractivity contribution in [3.63, 3.8) is 0 Å². The molecule has 0 radical (unpaired) electrons. The SMILES string of the molecule is COc1ccc(CC(C)(N)c2ccc(Br)cc2Cl)cc1F. The lowest BCUT2D eigenvalue weighted by Crippen LogP contribution is -2.35. The molecule has 0 fully saturated rings. The van der Waals surface area contributed by atoms with Gasteiger partial charge in [-0.25, -0.2) is 4.39 Å². The van der Waals surface area contributed by atoms with E-state index in [0.29, 0.717) is 11.4 Å². The molecule has 5 heteroatoms. The van der Waals surface area contributed by atoms with E-state index in [2.05, 4.69) is 15.9 Å². The molecule has 0 saturated heterocycles. The quantitative estimate of drug-likeness (QED) is 0.846. The Morgan fingerprint density at radius 2 is 2.00 bits per heavy atom. The Bertz CT molecular complexity index is 661. The van der Waals surface area contributed by atoms with Crippen molar-refractivity contribution in [2.24, 2.45) is 5.73 Å². The molecule has 0 amide bonds. The fourth-order valence-corrected chi connectivity index (χ4v) is 3.18. The summed E-state index contributed by atoms with van der Waals surface area (Å²) in [6.07, 6.45) is 0.468. The van der Waals surface area contributed by atoms with Gasteiger partial charge in [0.2, 0.25) is 0 Å². The van der Waals surface area contributed by atoms with E-state index in [4.69, 9.17) is 22.1 Å². The molecular weight excluding hydrogens is 357 g/mol. The first-order chi connectivity index (χ1) is 9.83. The Morgan fingerprint density at radius 1 is 1.29 bits per heavy atom.